The van der Waals surface area contributed by atoms with Gasteiger partial charge in [0, 0.05) is 32.9 Å². The monoisotopic (exact) mass is 976 g/mol. The summed E-state index contributed by atoms with van der Waals surface area (Å²) in [4.78, 5) is 0. The van der Waals surface area contributed by atoms with Crippen molar-refractivity contribution < 1.29 is 0 Å². The summed E-state index contributed by atoms with van der Waals surface area (Å²) in [7, 11) is 0. The number of fused-ring (bicyclic) bond motifs is 11. The summed E-state index contributed by atoms with van der Waals surface area (Å²) < 4.78 is 4.86. The molecule has 1 aliphatic rings. The van der Waals surface area contributed by atoms with Crippen LogP contribution in [0.3, 0.4) is 0 Å². The summed E-state index contributed by atoms with van der Waals surface area (Å²) in [5, 5.41) is 9.84. The van der Waals surface area contributed by atoms with Gasteiger partial charge in [-0.25, -0.2) is 0 Å². The molecule has 2 heterocycles. The normalized spacial score (nSPS) is 12.8. The van der Waals surface area contributed by atoms with Crippen molar-refractivity contribution in [3.8, 4) is 55.9 Å². The van der Waals surface area contributed by atoms with Crippen molar-refractivity contribution in [2.45, 2.75) is 5.41 Å². The number of aromatic nitrogens is 2. The third-order valence-electron chi connectivity index (χ3n) is 16.8. The van der Waals surface area contributed by atoms with E-state index < -0.39 is 5.41 Å². The molecule has 0 atom stereocenters. The maximum absolute atomic E-state index is 2.54. The lowest BCUT2D eigenvalue weighted by Gasteiger charge is -2.34. The first-order chi connectivity index (χ1) is 38.2. The maximum atomic E-state index is 2.54. The summed E-state index contributed by atoms with van der Waals surface area (Å²) in [5.41, 5.74) is 21.4. The Labute approximate surface area is 446 Å². The zero-order chi connectivity index (χ0) is 50.6. The second kappa shape index (κ2) is 17.0. The van der Waals surface area contributed by atoms with E-state index in [0.717, 1.165) is 11.4 Å². The van der Waals surface area contributed by atoms with Gasteiger partial charge in [-0.3, -0.25) is 0 Å². The van der Waals surface area contributed by atoms with Crippen LogP contribution >= 0.6 is 0 Å². The first kappa shape index (κ1) is 43.4. The fraction of sp³-hybridized carbons (Fsp3) is 0.0133. The molecular weight excluding hydrogens is 929 g/mol. The predicted molar refractivity (Wildman–Crippen MR) is 324 cm³/mol. The second-order valence-electron chi connectivity index (χ2n) is 20.7. The van der Waals surface area contributed by atoms with Crippen LogP contribution in [0.2, 0.25) is 0 Å². The average molecular weight is 977 g/mol. The fourth-order valence-corrected chi connectivity index (χ4v) is 13.6. The molecule has 2 aromatic heterocycles. The minimum absolute atomic E-state index is 0.541. The van der Waals surface area contributed by atoms with Crippen molar-refractivity contribution >= 4 is 65.2 Å². The van der Waals surface area contributed by atoms with Crippen molar-refractivity contribution in [1.82, 2.24) is 9.13 Å². The lowest BCUT2D eigenvalue weighted by atomic mass is 9.67. The average Bonchev–Trinajstić information content (AvgIpc) is 4.34. The van der Waals surface area contributed by atoms with Crippen LogP contribution in [0.25, 0.3) is 121 Å². The summed E-state index contributed by atoms with van der Waals surface area (Å²) in [6, 6.07) is 109. The zero-order valence-electron chi connectivity index (χ0n) is 42.1. The number of rotatable bonds is 7. The highest BCUT2D eigenvalue weighted by molar-refractivity contribution is 6.20. The molecule has 0 saturated heterocycles. The van der Waals surface area contributed by atoms with Crippen molar-refractivity contribution in [2.24, 2.45) is 0 Å². The molecule has 0 saturated carbocycles. The van der Waals surface area contributed by atoms with Crippen LogP contribution in [0.4, 0.5) is 0 Å². The Kier molecular flexibility index (Phi) is 9.58. The van der Waals surface area contributed by atoms with Gasteiger partial charge in [0.1, 0.15) is 0 Å². The van der Waals surface area contributed by atoms with E-state index in [1.54, 1.807) is 0 Å². The van der Waals surface area contributed by atoms with Crippen molar-refractivity contribution in [1.29, 1.82) is 0 Å². The van der Waals surface area contributed by atoms with E-state index >= 15 is 0 Å². The van der Waals surface area contributed by atoms with Gasteiger partial charge in [0.2, 0.25) is 0 Å². The van der Waals surface area contributed by atoms with Crippen LogP contribution < -0.4 is 0 Å². The van der Waals surface area contributed by atoms with Crippen molar-refractivity contribution in [3.05, 3.63) is 313 Å². The fourth-order valence-electron chi connectivity index (χ4n) is 13.6. The Morgan fingerprint density at radius 2 is 0.623 bits per heavy atom. The van der Waals surface area contributed by atoms with Crippen LogP contribution in [0.1, 0.15) is 22.3 Å². The van der Waals surface area contributed by atoms with Crippen molar-refractivity contribution in [3.63, 3.8) is 0 Å². The minimum Gasteiger partial charge on any atom is -0.309 e. The van der Waals surface area contributed by atoms with Gasteiger partial charge >= 0.3 is 0 Å². The molecule has 1 aliphatic carbocycles. The molecule has 0 fully saturated rings. The van der Waals surface area contributed by atoms with E-state index in [2.05, 4.69) is 300 Å². The Morgan fingerprint density at radius 1 is 0.221 bits per heavy atom. The highest BCUT2D eigenvalue weighted by atomic mass is 15.0. The third-order valence-corrected chi connectivity index (χ3v) is 16.8. The molecule has 2 nitrogen and oxygen atoms in total. The van der Waals surface area contributed by atoms with E-state index in [0.29, 0.717) is 0 Å². The Hall–Kier alpha value is -10.0. The quantitative estimate of drug-likeness (QED) is 0.141. The molecule has 0 unspecified atom stereocenters. The highest BCUT2D eigenvalue weighted by Gasteiger charge is 2.46. The molecule has 358 valence electrons. The molecule has 0 amide bonds. The van der Waals surface area contributed by atoms with Gasteiger partial charge in [0.25, 0.3) is 0 Å². The smallest absolute Gasteiger partial charge is 0.0713 e. The van der Waals surface area contributed by atoms with Crippen LogP contribution in [-0.4, -0.2) is 9.13 Å². The molecule has 0 aliphatic heterocycles. The highest BCUT2D eigenvalue weighted by Crippen LogP contribution is 2.57. The number of nitrogens with zero attached hydrogens (tertiary/aromatic N) is 2. The summed E-state index contributed by atoms with van der Waals surface area (Å²) >= 11 is 0. The van der Waals surface area contributed by atoms with E-state index in [9.17, 15) is 0 Å². The molecule has 77 heavy (non-hydrogen) atoms. The lowest BCUT2D eigenvalue weighted by molar-refractivity contribution is 0.769. The molecule has 2 heteroatoms. The summed E-state index contributed by atoms with van der Waals surface area (Å²) in [5.74, 6) is 0. The molecule has 0 bridgehead atoms. The topological polar surface area (TPSA) is 9.86 Å². The van der Waals surface area contributed by atoms with Crippen LogP contribution in [0.15, 0.2) is 291 Å². The van der Waals surface area contributed by atoms with Gasteiger partial charge < -0.3 is 9.13 Å². The second-order valence-corrected chi connectivity index (χ2v) is 20.7. The van der Waals surface area contributed by atoms with Crippen LogP contribution in [-0.2, 0) is 5.41 Å². The van der Waals surface area contributed by atoms with E-state index in [1.165, 1.54) is 132 Å². The molecule has 0 spiro atoms. The van der Waals surface area contributed by atoms with Gasteiger partial charge in [-0.15, -0.1) is 0 Å². The molecule has 16 rings (SSSR count). The van der Waals surface area contributed by atoms with Gasteiger partial charge in [0.15, 0.2) is 0 Å². The lowest BCUT2D eigenvalue weighted by Crippen LogP contribution is -2.28. The maximum Gasteiger partial charge on any atom is 0.0713 e. The summed E-state index contributed by atoms with van der Waals surface area (Å²) in [6.45, 7) is 0. The third kappa shape index (κ3) is 6.37. The standard InChI is InChI=1S/C75H48N2/c1-5-21-52(22-6-1)75(53-23-7-2-8-24-53)68-36-16-13-29-58(68)59-42-41-51(45-69(59)75)74-64-34-19-32-56(49-39-43-62-60-30-14-17-37-70(60)76(72(62)46-49)54-25-9-3-10-26-54)66(64)48-67-57(33-20-35-65(67)74)50-40-44-63-61-31-15-18-38-71(61)77(73(63)47-50)55-27-11-4-12-28-55/h1-48H. The Morgan fingerprint density at radius 3 is 1.16 bits per heavy atom. The van der Waals surface area contributed by atoms with Crippen LogP contribution in [0.5, 0.6) is 0 Å². The number of hydrogen-bond donors (Lipinski definition) is 0. The zero-order valence-corrected chi connectivity index (χ0v) is 42.1. The number of benzene rings is 13. The van der Waals surface area contributed by atoms with Gasteiger partial charge in [-0.1, -0.05) is 231 Å². The van der Waals surface area contributed by atoms with Gasteiger partial charge in [-0.05, 0) is 149 Å². The molecule has 0 N–H and O–H groups in total. The minimum atomic E-state index is -0.541. The molecule has 15 aromatic rings. The van der Waals surface area contributed by atoms with Crippen LogP contribution in [0, 0.1) is 0 Å². The van der Waals surface area contributed by atoms with Gasteiger partial charge in [-0.2, -0.15) is 0 Å². The van der Waals surface area contributed by atoms with E-state index in [4.69, 9.17) is 0 Å². The van der Waals surface area contributed by atoms with E-state index in [-0.39, 0.29) is 0 Å². The molecule has 0 radical (unpaired) electrons. The van der Waals surface area contributed by atoms with Gasteiger partial charge in [0.05, 0.1) is 27.5 Å². The Balaban J connectivity index is 0.999. The number of para-hydroxylation sites is 4. The summed E-state index contributed by atoms with van der Waals surface area (Å²) in [6.07, 6.45) is 0. The number of hydrogen-bond acceptors (Lipinski definition) is 0. The first-order valence-corrected chi connectivity index (χ1v) is 26.7. The molecular formula is C75H48N2. The Bertz CT molecular complexity index is 4580. The largest absolute Gasteiger partial charge is 0.309 e. The predicted octanol–water partition coefficient (Wildman–Crippen LogP) is 19.6. The van der Waals surface area contributed by atoms with Crippen molar-refractivity contribution in [2.75, 3.05) is 0 Å². The first-order valence-electron chi connectivity index (χ1n) is 26.7. The molecule has 13 aromatic carbocycles. The SMILES string of the molecule is c1ccc(-n2c3ccccc3c3ccc(-c4cccc5c(-c6ccc7c(c6)C(c6ccccc6)(c6ccccc6)c6ccccc6-7)c6cccc(-c7ccc8c9ccccc9n(-c9ccccc9)c8c7)c6cc45)cc32)cc1. The van der Waals surface area contributed by atoms with E-state index in [1.807, 2.05) is 0 Å².